The van der Waals surface area contributed by atoms with Gasteiger partial charge in [-0.2, -0.15) is 0 Å². The lowest BCUT2D eigenvalue weighted by molar-refractivity contribution is 0.0703. The van der Waals surface area contributed by atoms with Crippen LogP contribution in [0.3, 0.4) is 0 Å². The third-order valence-corrected chi connectivity index (χ3v) is 3.95. The summed E-state index contributed by atoms with van der Waals surface area (Å²) in [7, 11) is 1.86. The second-order valence-electron chi connectivity index (χ2n) is 5.25. The Morgan fingerprint density at radius 2 is 1.67 bits per heavy atom. The van der Waals surface area contributed by atoms with Crippen molar-refractivity contribution in [1.29, 1.82) is 0 Å². The van der Waals surface area contributed by atoms with Gasteiger partial charge in [0.05, 0.1) is 0 Å². The molecule has 1 aromatic rings. The van der Waals surface area contributed by atoms with Gasteiger partial charge in [0.15, 0.2) is 5.78 Å². The fraction of sp³-hybridized carbons (Fsp3) is 0.500. The highest BCUT2D eigenvalue weighted by Crippen LogP contribution is 2.15. The monoisotopic (exact) mass is 310 g/mol. The molecule has 0 saturated carbocycles. The maximum Gasteiger partial charge on any atom is 0.253 e. The van der Waals surface area contributed by atoms with Gasteiger partial charge >= 0.3 is 0 Å². The minimum Gasteiger partial charge on any atom is -0.339 e. The molecule has 0 radical (unpaired) electrons. The molecule has 0 aromatic heterocycles. The molecule has 2 rings (SSSR count). The summed E-state index contributed by atoms with van der Waals surface area (Å²) in [6, 6.07) is 7.30. The Morgan fingerprint density at radius 1 is 1.14 bits per heavy atom. The normalized spacial score (nSPS) is 15.1. The molecule has 5 heteroatoms. The molecule has 1 aliphatic heterocycles. The molecule has 1 N–H and O–H groups in total. The average Bonchev–Trinajstić information content (AvgIpc) is 2.53. The van der Waals surface area contributed by atoms with Gasteiger partial charge in [0.25, 0.3) is 5.91 Å². The first-order valence-corrected chi connectivity index (χ1v) is 7.24. The van der Waals surface area contributed by atoms with Crippen LogP contribution >= 0.6 is 12.4 Å². The molecule has 1 fully saturated rings. The number of carbonyl (C=O) groups excluding carboxylic acids is 2. The topological polar surface area (TPSA) is 49.4 Å². The maximum absolute atomic E-state index is 12.4. The van der Waals surface area contributed by atoms with Crippen molar-refractivity contribution in [3.05, 3.63) is 35.4 Å². The minimum absolute atomic E-state index is 0. The third-order valence-electron chi connectivity index (χ3n) is 3.95. The number of hydrogen-bond acceptors (Lipinski definition) is 3. The number of carbonyl (C=O) groups is 2. The van der Waals surface area contributed by atoms with Gasteiger partial charge < -0.3 is 10.2 Å². The van der Waals surface area contributed by atoms with E-state index in [0.717, 1.165) is 25.9 Å². The summed E-state index contributed by atoms with van der Waals surface area (Å²) in [6.45, 7) is 3.77. The van der Waals surface area contributed by atoms with Crippen molar-refractivity contribution < 1.29 is 9.59 Å². The lowest BCUT2D eigenvalue weighted by atomic mass is 10.0. The van der Waals surface area contributed by atoms with Crippen molar-refractivity contribution in [2.45, 2.75) is 32.2 Å². The van der Waals surface area contributed by atoms with Gasteiger partial charge in [0.2, 0.25) is 0 Å². The van der Waals surface area contributed by atoms with Gasteiger partial charge in [-0.15, -0.1) is 12.4 Å². The van der Waals surface area contributed by atoms with E-state index in [0.29, 0.717) is 23.6 Å². The first-order valence-electron chi connectivity index (χ1n) is 7.24. The molecule has 0 spiro atoms. The number of nitrogens with zero attached hydrogens (tertiary/aromatic N) is 1. The van der Waals surface area contributed by atoms with E-state index in [1.165, 1.54) is 0 Å². The van der Waals surface area contributed by atoms with Gasteiger partial charge in [-0.25, -0.2) is 0 Å². The van der Waals surface area contributed by atoms with Crippen LogP contribution < -0.4 is 5.32 Å². The van der Waals surface area contributed by atoms with E-state index in [4.69, 9.17) is 0 Å². The van der Waals surface area contributed by atoms with Crippen molar-refractivity contribution >= 4 is 24.1 Å². The van der Waals surface area contributed by atoms with Crippen LogP contribution in [-0.2, 0) is 0 Å². The second kappa shape index (κ2) is 8.15. The second-order valence-corrected chi connectivity index (χ2v) is 5.25. The molecule has 0 bridgehead atoms. The van der Waals surface area contributed by atoms with E-state index in [9.17, 15) is 9.59 Å². The van der Waals surface area contributed by atoms with Crippen molar-refractivity contribution in [1.82, 2.24) is 10.2 Å². The summed E-state index contributed by atoms with van der Waals surface area (Å²) in [5.41, 5.74) is 1.33. The Labute approximate surface area is 132 Å². The van der Waals surface area contributed by atoms with Gasteiger partial charge in [0, 0.05) is 30.6 Å². The molecule has 1 amide bonds. The molecule has 1 aliphatic rings. The molecule has 1 saturated heterocycles. The number of benzene rings is 1. The van der Waals surface area contributed by atoms with Crippen molar-refractivity contribution in [3.8, 4) is 0 Å². The smallest absolute Gasteiger partial charge is 0.253 e. The van der Waals surface area contributed by atoms with Crippen LogP contribution in [-0.4, -0.2) is 42.8 Å². The van der Waals surface area contributed by atoms with Crippen LogP contribution in [0, 0.1) is 0 Å². The summed E-state index contributed by atoms with van der Waals surface area (Å²) in [6.07, 6.45) is 2.48. The number of rotatable bonds is 4. The number of Topliss-reactive ketones (excluding diaryl/α,β-unsaturated/α-hetero) is 1. The Bertz CT molecular complexity index is 482. The quantitative estimate of drug-likeness (QED) is 0.869. The molecule has 4 nitrogen and oxygen atoms in total. The molecular weight excluding hydrogens is 288 g/mol. The standard InChI is InChI=1S/C16H22N2O2.ClH/c1-3-15(19)12-4-6-13(7-5-12)16(20)18(2)14-8-10-17-11-9-14;/h4-7,14,17H,3,8-11H2,1-2H3;1H. The highest BCUT2D eigenvalue weighted by molar-refractivity contribution is 5.98. The van der Waals surface area contributed by atoms with E-state index in [1.807, 2.05) is 18.9 Å². The van der Waals surface area contributed by atoms with Crippen LogP contribution in [0.25, 0.3) is 0 Å². The van der Waals surface area contributed by atoms with Crippen LogP contribution in [0.5, 0.6) is 0 Å². The van der Waals surface area contributed by atoms with E-state index >= 15 is 0 Å². The SMILES string of the molecule is CCC(=O)c1ccc(C(=O)N(C)C2CCNCC2)cc1.Cl. The molecule has 1 heterocycles. The first kappa shape index (κ1) is 17.7. The summed E-state index contributed by atoms with van der Waals surface area (Å²) >= 11 is 0. The van der Waals surface area contributed by atoms with E-state index in [-0.39, 0.29) is 24.1 Å². The maximum atomic E-state index is 12.4. The predicted octanol–water partition coefficient (Wildman–Crippen LogP) is 2.53. The minimum atomic E-state index is 0. The first-order chi connectivity index (χ1) is 9.63. The molecule has 116 valence electrons. The summed E-state index contributed by atoms with van der Waals surface area (Å²) in [4.78, 5) is 25.8. The predicted molar refractivity (Wildman–Crippen MR) is 86.3 cm³/mol. The van der Waals surface area contributed by atoms with Crippen LogP contribution in [0.4, 0.5) is 0 Å². The number of halogens is 1. The van der Waals surface area contributed by atoms with Crippen LogP contribution in [0.1, 0.15) is 46.9 Å². The highest BCUT2D eigenvalue weighted by Gasteiger charge is 2.22. The molecule has 0 aliphatic carbocycles. The number of ketones is 1. The van der Waals surface area contributed by atoms with E-state index in [2.05, 4.69) is 5.32 Å². The molecule has 0 atom stereocenters. The molecule has 0 unspecified atom stereocenters. The Hall–Kier alpha value is -1.39. The Kier molecular flexibility index (Phi) is 6.85. The van der Waals surface area contributed by atoms with Crippen molar-refractivity contribution in [3.63, 3.8) is 0 Å². The molecule has 1 aromatic carbocycles. The summed E-state index contributed by atoms with van der Waals surface area (Å²) in [5, 5.41) is 3.30. The molecular formula is C16H23ClN2O2. The van der Waals surface area contributed by atoms with Gasteiger partial charge in [-0.3, -0.25) is 9.59 Å². The Morgan fingerprint density at radius 3 is 2.19 bits per heavy atom. The molecule has 21 heavy (non-hydrogen) atoms. The summed E-state index contributed by atoms with van der Waals surface area (Å²) < 4.78 is 0. The lowest BCUT2D eigenvalue weighted by Crippen LogP contribution is -2.43. The van der Waals surface area contributed by atoms with Crippen LogP contribution in [0.2, 0.25) is 0 Å². The Balaban J connectivity index is 0.00000220. The summed E-state index contributed by atoms with van der Waals surface area (Å²) in [5.74, 6) is 0.142. The van der Waals surface area contributed by atoms with E-state index in [1.54, 1.807) is 24.3 Å². The van der Waals surface area contributed by atoms with Gasteiger partial charge in [0.1, 0.15) is 0 Å². The zero-order chi connectivity index (χ0) is 14.5. The highest BCUT2D eigenvalue weighted by atomic mass is 35.5. The number of amides is 1. The lowest BCUT2D eigenvalue weighted by Gasteiger charge is -2.31. The average molecular weight is 311 g/mol. The fourth-order valence-electron chi connectivity index (χ4n) is 2.57. The van der Waals surface area contributed by atoms with Crippen LogP contribution in [0.15, 0.2) is 24.3 Å². The van der Waals surface area contributed by atoms with Gasteiger partial charge in [-0.05, 0) is 38.1 Å². The van der Waals surface area contributed by atoms with Gasteiger partial charge in [-0.1, -0.05) is 19.1 Å². The largest absolute Gasteiger partial charge is 0.339 e. The zero-order valence-corrected chi connectivity index (χ0v) is 13.4. The fourth-order valence-corrected chi connectivity index (χ4v) is 2.57. The van der Waals surface area contributed by atoms with Crippen molar-refractivity contribution in [2.24, 2.45) is 0 Å². The van der Waals surface area contributed by atoms with Crippen molar-refractivity contribution in [2.75, 3.05) is 20.1 Å². The number of piperidine rings is 1. The number of nitrogens with one attached hydrogen (secondary N) is 1. The zero-order valence-electron chi connectivity index (χ0n) is 12.6. The number of hydrogen-bond donors (Lipinski definition) is 1. The third kappa shape index (κ3) is 4.29. The van der Waals surface area contributed by atoms with E-state index < -0.39 is 0 Å².